The summed E-state index contributed by atoms with van der Waals surface area (Å²) < 4.78 is 0. The zero-order chi connectivity index (χ0) is 26.4. The summed E-state index contributed by atoms with van der Waals surface area (Å²) in [5, 5.41) is 3.80. The van der Waals surface area contributed by atoms with Crippen molar-refractivity contribution in [1.82, 2.24) is 35.1 Å². The average molecular weight is 530 g/mol. The lowest BCUT2D eigenvalue weighted by molar-refractivity contribution is 0.0407. The van der Waals surface area contributed by atoms with Crippen molar-refractivity contribution in [3.8, 4) is 0 Å². The van der Waals surface area contributed by atoms with E-state index in [1.165, 1.54) is 76.4 Å². The van der Waals surface area contributed by atoms with Gasteiger partial charge < -0.3 is 25.1 Å². The van der Waals surface area contributed by atoms with Crippen LogP contribution in [0.2, 0.25) is 0 Å². The molecule has 3 aromatic rings. The van der Waals surface area contributed by atoms with E-state index in [1.807, 2.05) is 12.1 Å². The Bertz CT molecular complexity index is 1120. The zero-order valence-electron chi connectivity index (χ0n) is 23.0. The molecule has 3 fully saturated rings. The van der Waals surface area contributed by atoms with Gasteiger partial charge in [-0.3, -0.25) is 4.79 Å². The number of piperidine rings is 1. The number of imidazole rings is 2. The number of H-pyrrole nitrogens is 2. The normalized spacial score (nSPS) is 25.7. The molecule has 1 amide bonds. The molecule has 2 saturated carbocycles. The number of nitrogens with one attached hydrogen (secondary N) is 3. The molecule has 2 aliphatic carbocycles. The van der Waals surface area contributed by atoms with Crippen molar-refractivity contribution in [3.05, 3.63) is 71.8 Å². The maximum atomic E-state index is 13.4. The van der Waals surface area contributed by atoms with E-state index < -0.39 is 0 Å². The number of hydrogen-bond donors (Lipinski definition) is 3. The Balaban J connectivity index is 0.979. The highest BCUT2D eigenvalue weighted by molar-refractivity contribution is 5.94. The first-order valence-electron chi connectivity index (χ1n) is 15.0. The lowest BCUT2D eigenvalue weighted by Gasteiger charge is -2.46. The number of aromatic amines is 2. The van der Waals surface area contributed by atoms with Gasteiger partial charge in [0.05, 0.1) is 13.1 Å². The molecule has 3 aliphatic rings. The SMILES string of the molecule is O=C(c1ccc(CNC2CCC(N3CC[C@@H]4CCCC[C@H]4C3)CC2)cc1)N(Cc1ncc[nH]1)Cc1ncc[nH]1. The molecule has 0 spiro atoms. The Kier molecular flexibility index (Phi) is 8.40. The van der Waals surface area contributed by atoms with Crippen molar-refractivity contribution in [2.45, 2.75) is 89.5 Å². The summed E-state index contributed by atoms with van der Waals surface area (Å²) in [4.78, 5) is 32.8. The topological polar surface area (TPSA) is 92.9 Å². The number of amides is 1. The first kappa shape index (κ1) is 26.3. The molecule has 208 valence electrons. The van der Waals surface area contributed by atoms with Crippen LogP contribution in [-0.4, -0.2) is 60.8 Å². The predicted molar refractivity (Wildman–Crippen MR) is 152 cm³/mol. The summed E-state index contributed by atoms with van der Waals surface area (Å²) in [5.41, 5.74) is 1.90. The third-order valence-electron chi connectivity index (χ3n) is 9.41. The largest absolute Gasteiger partial charge is 0.347 e. The van der Waals surface area contributed by atoms with Crippen LogP contribution in [0.5, 0.6) is 0 Å². The van der Waals surface area contributed by atoms with Gasteiger partial charge in [0.15, 0.2) is 0 Å². The van der Waals surface area contributed by atoms with Gasteiger partial charge in [-0.05, 0) is 74.6 Å². The van der Waals surface area contributed by atoms with Gasteiger partial charge in [0.25, 0.3) is 5.91 Å². The Morgan fingerprint density at radius 3 is 2.18 bits per heavy atom. The second-order valence-corrected chi connectivity index (χ2v) is 11.9. The zero-order valence-corrected chi connectivity index (χ0v) is 23.0. The number of likely N-dealkylation sites (tertiary alicyclic amines) is 1. The summed E-state index contributed by atoms with van der Waals surface area (Å²) in [6.07, 6.45) is 19.4. The molecule has 0 unspecified atom stereocenters. The molecule has 1 aliphatic heterocycles. The standard InChI is InChI=1S/C31H43N7O/c39-31(38(21-29-32-14-15-33-29)22-30-34-16-17-35-30)25-7-5-23(6-8-25)19-36-27-9-11-28(12-10-27)37-18-13-24-3-1-2-4-26(24)20-37/h5-8,14-17,24,26-28,36H,1-4,9-13,18-22H2,(H,32,33)(H,34,35)/t24-,26-,27?,28?/m0/s1. The van der Waals surface area contributed by atoms with Crippen molar-refractivity contribution in [2.75, 3.05) is 13.1 Å². The molecule has 2 atom stereocenters. The molecule has 2 aromatic heterocycles. The summed E-state index contributed by atoms with van der Waals surface area (Å²) in [7, 11) is 0. The highest BCUT2D eigenvalue weighted by atomic mass is 16.2. The summed E-state index contributed by atoms with van der Waals surface area (Å²) in [6, 6.07) is 9.44. The number of aromatic nitrogens is 4. The van der Waals surface area contributed by atoms with E-state index in [9.17, 15) is 4.79 Å². The number of rotatable bonds is 9. The first-order valence-corrected chi connectivity index (χ1v) is 15.0. The van der Waals surface area contributed by atoms with Crippen LogP contribution in [0.3, 0.4) is 0 Å². The molecule has 6 rings (SSSR count). The lowest BCUT2D eigenvalue weighted by atomic mass is 9.74. The Morgan fingerprint density at radius 1 is 0.872 bits per heavy atom. The highest BCUT2D eigenvalue weighted by Crippen LogP contribution is 2.38. The van der Waals surface area contributed by atoms with Gasteiger partial charge in [0, 0.05) is 55.5 Å². The first-order chi connectivity index (χ1) is 19.2. The summed E-state index contributed by atoms with van der Waals surface area (Å²) in [6.45, 7) is 4.34. The third-order valence-corrected chi connectivity index (χ3v) is 9.41. The summed E-state index contributed by atoms with van der Waals surface area (Å²) >= 11 is 0. The lowest BCUT2D eigenvalue weighted by Crippen LogP contribution is -2.49. The molecular formula is C31H43N7O. The van der Waals surface area contributed by atoms with E-state index in [1.54, 1.807) is 29.7 Å². The molecule has 0 bridgehead atoms. The highest BCUT2D eigenvalue weighted by Gasteiger charge is 2.35. The number of fused-ring (bicyclic) bond motifs is 1. The monoisotopic (exact) mass is 529 g/mol. The van der Waals surface area contributed by atoms with E-state index in [4.69, 9.17) is 0 Å². The van der Waals surface area contributed by atoms with Crippen LogP contribution in [0.1, 0.15) is 85.4 Å². The Labute approximate surface area is 232 Å². The van der Waals surface area contributed by atoms with Gasteiger partial charge in [-0.1, -0.05) is 31.4 Å². The van der Waals surface area contributed by atoms with Gasteiger partial charge in [0.2, 0.25) is 0 Å². The van der Waals surface area contributed by atoms with Crippen LogP contribution in [0.15, 0.2) is 49.1 Å². The Hall–Kier alpha value is -2.97. The van der Waals surface area contributed by atoms with Crippen LogP contribution < -0.4 is 5.32 Å². The van der Waals surface area contributed by atoms with Crippen LogP contribution >= 0.6 is 0 Å². The number of benzene rings is 1. The maximum absolute atomic E-state index is 13.4. The summed E-state index contributed by atoms with van der Waals surface area (Å²) in [5.74, 6) is 3.47. The molecule has 8 nitrogen and oxygen atoms in total. The van der Waals surface area contributed by atoms with E-state index in [2.05, 4.69) is 42.3 Å². The third kappa shape index (κ3) is 6.61. The molecule has 3 heterocycles. The molecule has 1 saturated heterocycles. The second-order valence-electron chi connectivity index (χ2n) is 11.9. The number of carbonyl (C=O) groups excluding carboxylic acids is 1. The minimum Gasteiger partial charge on any atom is -0.347 e. The molecule has 3 N–H and O–H groups in total. The van der Waals surface area contributed by atoms with E-state index in [0.29, 0.717) is 24.7 Å². The number of carbonyl (C=O) groups is 1. The van der Waals surface area contributed by atoms with E-state index >= 15 is 0 Å². The van der Waals surface area contributed by atoms with Crippen LogP contribution in [-0.2, 0) is 19.6 Å². The van der Waals surface area contributed by atoms with E-state index in [0.717, 1.165) is 36.1 Å². The van der Waals surface area contributed by atoms with Crippen LogP contribution in [0, 0.1) is 11.8 Å². The fourth-order valence-corrected chi connectivity index (χ4v) is 7.15. The van der Waals surface area contributed by atoms with Gasteiger partial charge in [-0.15, -0.1) is 0 Å². The van der Waals surface area contributed by atoms with Crippen LogP contribution in [0.4, 0.5) is 0 Å². The van der Waals surface area contributed by atoms with Crippen molar-refractivity contribution in [3.63, 3.8) is 0 Å². The molecule has 8 heteroatoms. The van der Waals surface area contributed by atoms with Crippen LogP contribution in [0.25, 0.3) is 0 Å². The second kappa shape index (κ2) is 12.5. The van der Waals surface area contributed by atoms with Gasteiger partial charge in [-0.2, -0.15) is 0 Å². The van der Waals surface area contributed by atoms with Crippen molar-refractivity contribution < 1.29 is 4.79 Å². The quantitative estimate of drug-likeness (QED) is 0.367. The fraction of sp³-hybridized carbons (Fsp3) is 0.581. The smallest absolute Gasteiger partial charge is 0.254 e. The molecule has 1 aromatic carbocycles. The minimum absolute atomic E-state index is 0.0297. The minimum atomic E-state index is -0.0297. The molecular weight excluding hydrogens is 486 g/mol. The number of nitrogens with zero attached hydrogens (tertiary/aromatic N) is 4. The molecule has 39 heavy (non-hydrogen) atoms. The van der Waals surface area contributed by atoms with Gasteiger partial charge >= 0.3 is 0 Å². The maximum Gasteiger partial charge on any atom is 0.254 e. The van der Waals surface area contributed by atoms with E-state index in [-0.39, 0.29) is 5.91 Å². The average Bonchev–Trinajstić information content (AvgIpc) is 3.71. The fourth-order valence-electron chi connectivity index (χ4n) is 7.15. The van der Waals surface area contributed by atoms with Crippen molar-refractivity contribution >= 4 is 5.91 Å². The molecule has 0 radical (unpaired) electrons. The van der Waals surface area contributed by atoms with Crippen molar-refractivity contribution in [2.24, 2.45) is 11.8 Å². The predicted octanol–water partition coefficient (Wildman–Crippen LogP) is 4.89. The number of hydrogen-bond acceptors (Lipinski definition) is 5. The Morgan fingerprint density at radius 2 is 1.54 bits per heavy atom. The van der Waals surface area contributed by atoms with Crippen molar-refractivity contribution in [1.29, 1.82) is 0 Å². The van der Waals surface area contributed by atoms with Gasteiger partial charge in [0.1, 0.15) is 11.6 Å². The van der Waals surface area contributed by atoms with Gasteiger partial charge in [-0.25, -0.2) is 9.97 Å².